The van der Waals surface area contributed by atoms with Crippen LogP contribution in [0.1, 0.15) is 10.5 Å². The molecule has 1 aromatic carbocycles. The number of primary amides is 1. The average Bonchev–Trinajstić information content (AvgIpc) is 2.27. The predicted molar refractivity (Wildman–Crippen MR) is 56.8 cm³/mol. The highest BCUT2D eigenvalue weighted by molar-refractivity contribution is 5.94. The van der Waals surface area contributed by atoms with Gasteiger partial charge in [0.05, 0.1) is 12.6 Å². The molecule has 2 N–H and O–H groups in total. The van der Waals surface area contributed by atoms with Crippen LogP contribution in [-0.4, -0.2) is 18.0 Å². The van der Waals surface area contributed by atoms with Gasteiger partial charge in [0.1, 0.15) is 11.4 Å². The first-order chi connectivity index (χ1) is 7.22. The number of amides is 1. The van der Waals surface area contributed by atoms with E-state index in [-0.39, 0.29) is 5.69 Å². The summed E-state index contributed by atoms with van der Waals surface area (Å²) in [7, 11) is 1.59. The van der Waals surface area contributed by atoms with Gasteiger partial charge in [0.15, 0.2) is 0 Å². The fourth-order valence-corrected chi connectivity index (χ4v) is 1.44. The van der Waals surface area contributed by atoms with Crippen LogP contribution in [0.15, 0.2) is 30.3 Å². The van der Waals surface area contributed by atoms with E-state index in [9.17, 15) is 4.79 Å². The summed E-state index contributed by atoms with van der Waals surface area (Å²) >= 11 is 0. The summed E-state index contributed by atoms with van der Waals surface area (Å²) < 4.78 is 5.17. The number of rotatable bonds is 2. The molecule has 2 aromatic rings. The second kappa shape index (κ2) is 3.57. The maximum absolute atomic E-state index is 10.9. The summed E-state index contributed by atoms with van der Waals surface area (Å²) in [5, 5.41) is 0.866. The van der Waals surface area contributed by atoms with Crippen LogP contribution in [-0.2, 0) is 0 Å². The Hall–Kier alpha value is -2.10. The number of pyridine rings is 1. The van der Waals surface area contributed by atoms with E-state index < -0.39 is 5.91 Å². The van der Waals surface area contributed by atoms with E-state index in [1.165, 1.54) is 0 Å². The lowest BCUT2D eigenvalue weighted by molar-refractivity contribution is 0.0996. The van der Waals surface area contributed by atoms with Crippen molar-refractivity contribution in [1.82, 2.24) is 4.98 Å². The maximum atomic E-state index is 10.9. The van der Waals surface area contributed by atoms with Crippen molar-refractivity contribution in [3.63, 3.8) is 0 Å². The zero-order valence-electron chi connectivity index (χ0n) is 8.23. The molecule has 0 spiro atoms. The summed E-state index contributed by atoms with van der Waals surface area (Å²) in [6.07, 6.45) is 0. The number of hydrogen-bond donors (Lipinski definition) is 1. The highest BCUT2D eigenvalue weighted by Gasteiger charge is 2.05. The third-order valence-corrected chi connectivity index (χ3v) is 2.16. The van der Waals surface area contributed by atoms with Gasteiger partial charge in [-0.05, 0) is 24.3 Å². The summed E-state index contributed by atoms with van der Waals surface area (Å²) in [5.41, 5.74) is 6.10. The molecule has 1 aromatic heterocycles. The Labute approximate surface area is 86.7 Å². The molecule has 4 heteroatoms. The van der Waals surface area contributed by atoms with Crippen molar-refractivity contribution in [3.05, 3.63) is 36.0 Å². The van der Waals surface area contributed by atoms with Crippen LogP contribution in [0, 0.1) is 0 Å². The zero-order valence-corrected chi connectivity index (χ0v) is 8.23. The Kier molecular flexibility index (Phi) is 2.25. The zero-order chi connectivity index (χ0) is 10.8. The summed E-state index contributed by atoms with van der Waals surface area (Å²) in [6.45, 7) is 0. The van der Waals surface area contributed by atoms with E-state index in [2.05, 4.69) is 4.98 Å². The number of methoxy groups -OCH3 is 1. The number of ether oxygens (including phenoxy) is 1. The number of fused-ring (bicyclic) bond motifs is 1. The third-order valence-electron chi connectivity index (χ3n) is 2.16. The Balaban J connectivity index is 2.69. The lowest BCUT2D eigenvalue weighted by Gasteiger charge is -2.04. The van der Waals surface area contributed by atoms with E-state index in [1.807, 2.05) is 18.2 Å². The smallest absolute Gasteiger partial charge is 0.267 e. The van der Waals surface area contributed by atoms with Gasteiger partial charge in [0, 0.05) is 5.39 Å². The molecule has 0 atom stereocenters. The topological polar surface area (TPSA) is 65.2 Å². The van der Waals surface area contributed by atoms with Crippen molar-refractivity contribution >= 4 is 16.8 Å². The van der Waals surface area contributed by atoms with Crippen LogP contribution in [0.3, 0.4) is 0 Å². The van der Waals surface area contributed by atoms with Crippen LogP contribution >= 0.6 is 0 Å². The molecule has 15 heavy (non-hydrogen) atoms. The molecular formula is C11H10N2O2. The van der Waals surface area contributed by atoms with Crippen LogP contribution in [0.2, 0.25) is 0 Å². The molecule has 1 heterocycles. The largest absolute Gasteiger partial charge is 0.496 e. The molecular weight excluding hydrogens is 192 g/mol. The molecule has 0 saturated heterocycles. The average molecular weight is 202 g/mol. The molecule has 1 amide bonds. The SMILES string of the molecule is COc1cccc2nc(C(N)=O)ccc12. The van der Waals surface area contributed by atoms with Crippen molar-refractivity contribution in [2.75, 3.05) is 7.11 Å². The van der Waals surface area contributed by atoms with Gasteiger partial charge in [-0.2, -0.15) is 0 Å². The highest BCUT2D eigenvalue weighted by Crippen LogP contribution is 2.23. The highest BCUT2D eigenvalue weighted by atomic mass is 16.5. The van der Waals surface area contributed by atoms with Gasteiger partial charge < -0.3 is 10.5 Å². The fourth-order valence-electron chi connectivity index (χ4n) is 1.44. The van der Waals surface area contributed by atoms with Crippen LogP contribution in [0.5, 0.6) is 5.75 Å². The van der Waals surface area contributed by atoms with Gasteiger partial charge in [0.2, 0.25) is 0 Å². The summed E-state index contributed by atoms with van der Waals surface area (Å²) in [6, 6.07) is 8.84. The van der Waals surface area contributed by atoms with E-state index in [0.717, 1.165) is 11.1 Å². The second-order valence-electron chi connectivity index (χ2n) is 3.09. The van der Waals surface area contributed by atoms with Gasteiger partial charge in [-0.25, -0.2) is 4.98 Å². The van der Waals surface area contributed by atoms with Crippen LogP contribution < -0.4 is 10.5 Å². The monoisotopic (exact) mass is 202 g/mol. The predicted octanol–water partition coefficient (Wildman–Crippen LogP) is 1.34. The van der Waals surface area contributed by atoms with Crippen molar-refractivity contribution in [3.8, 4) is 5.75 Å². The van der Waals surface area contributed by atoms with Gasteiger partial charge in [-0.3, -0.25) is 4.79 Å². The maximum Gasteiger partial charge on any atom is 0.267 e. The summed E-state index contributed by atoms with van der Waals surface area (Å²) in [5.74, 6) is 0.204. The molecule has 76 valence electrons. The first kappa shape index (κ1) is 9.45. The van der Waals surface area contributed by atoms with E-state index in [0.29, 0.717) is 5.52 Å². The molecule has 0 saturated carbocycles. The van der Waals surface area contributed by atoms with E-state index >= 15 is 0 Å². The van der Waals surface area contributed by atoms with Gasteiger partial charge >= 0.3 is 0 Å². The number of aromatic nitrogens is 1. The number of nitrogens with two attached hydrogens (primary N) is 1. The Morgan fingerprint density at radius 2 is 2.13 bits per heavy atom. The number of carbonyl (C=O) groups excluding carboxylic acids is 1. The minimum absolute atomic E-state index is 0.260. The minimum Gasteiger partial charge on any atom is -0.496 e. The van der Waals surface area contributed by atoms with Crippen molar-refractivity contribution < 1.29 is 9.53 Å². The number of benzene rings is 1. The quantitative estimate of drug-likeness (QED) is 0.799. The van der Waals surface area contributed by atoms with E-state index in [4.69, 9.17) is 10.5 Å². The molecule has 4 nitrogen and oxygen atoms in total. The molecule has 0 bridgehead atoms. The molecule has 0 radical (unpaired) electrons. The Bertz CT molecular complexity index is 523. The number of nitrogens with zero attached hydrogens (tertiary/aromatic N) is 1. The molecule has 0 aliphatic carbocycles. The third kappa shape index (κ3) is 1.61. The van der Waals surface area contributed by atoms with Crippen LogP contribution in [0.25, 0.3) is 10.9 Å². The fraction of sp³-hybridized carbons (Fsp3) is 0.0909. The lowest BCUT2D eigenvalue weighted by Crippen LogP contribution is -2.12. The molecule has 0 aliphatic heterocycles. The summed E-state index contributed by atoms with van der Waals surface area (Å²) in [4.78, 5) is 15.1. The number of carbonyl (C=O) groups is 1. The standard InChI is InChI=1S/C11H10N2O2/c1-15-10-4-2-3-8-7(10)5-6-9(13-8)11(12)14/h2-6H,1H3,(H2,12,14). The molecule has 0 unspecified atom stereocenters. The van der Waals surface area contributed by atoms with E-state index in [1.54, 1.807) is 19.2 Å². The molecule has 0 fully saturated rings. The number of hydrogen-bond acceptors (Lipinski definition) is 3. The normalized spacial score (nSPS) is 10.2. The lowest BCUT2D eigenvalue weighted by atomic mass is 10.2. The first-order valence-corrected chi connectivity index (χ1v) is 4.46. The Morgan fingerprint density at radius 3 is 2.80 bits per heavy atom. The molecule has 0 aliphatic rings. The van der Waals surface area contributed by atoms with Crippen molar-refractivity contribution in [2.45, 2.75) is 0 Å². The van der Waals surface area contributed by atoms with Gasteiger partial charge in [-0.15, -0.1) is 0 Å². The minimum atomic E-state index is -0.528. The van der Waals surface area contributed by atoms with Gasteiger partial charge in [0.25, 0.3) is 5.91 Å². The van der Waals surface area contributed by atoms with Crippen molar-refractivity contribution in [1.29, 1.82) is 0 Å². The van der Waals surface area contributed by atoms with Gasteiger partial charge in [-0.1, -0.05) is 6.07 Å². The Morgan fingerprint density at radius 1 is 1.33 bits per heavy atom. The van der Waals surface area contributed by atoms with Crippen LogP contribution in [0.4, 0.5) is 0 Å². The second-order valence-corrected chi connectivity index (χ2v) is 3.09. The van der Waals surface area contributed by atoms with Crippen molar-refractivity contribution in [2.24, 2.45) is 5.73 Å². The molecule has 2 rings (SSSR count). The first-order valence-electron chi connectivity index (χ1n) is 4.46.